The topological polar surface area (TPSA) is 13.1 Å². The summed E-state index contributed by atoms with van der Waals surface area (Å²) in [5.74, 6) is 1.60. The van der Waals surface area contributed by atoms with Crippen molar-refractivity contribution in [3.8, 4) is 0 Å². The Morgan fingerprint density at radius 1 is 1.25 bits per heavy atom. The highest BCUT2D eigenvalue weighted by Gasteiger charge is 2.05. The maximum Gasteiger partial charge on any atom is 0.129 e. The Kier molecular flexibility index (Phi) is 1.80. The maximum absolute atomic E-state index is 5.68. The summed E-state index contributed by atoms with van der Waals surface area (Å²) in [6.07, 6.45) is 6.72. The van der Waals surface area contributed by atoms with Gasteiger partial charge >= 0.3 is 0 Å². The van der Waals surface area contributed by atoms with Gasteiger partial charge < -0.3 is 4.42 Å². The summed E-state index contributed by atoms with van der Waals surface area (Å²) in [5, 5.41) is 1.28. The van der Waals surface area contributed by atoms with Gasteiger partial charge in [0, 0.05) is 11.1 Å². The van der Waals surface area contributed by atoms with Crippen LogP contribution in [0.1, 0.15) is 38.4 Å². The molecule has 1 aromatic heterocycles. The highest BCUT2D eigenvalue weighted by Crippen LogP contribution is 2.10. The van der Waals surface area contributed by atoms with Gasteiger partial charge in [0.15, 0.2) is 0 Å². The van der Waals surface area contributed by atoms with Crippen molar-refractivity contribution >= 4 is 12.2 Å². The van der Waals surface area contributed by atoms with Gasteiger partial charge in [-0.2, -0.15) is 0 Å². The molecule has 0 N–H and O–H groups in total. The van der Waals surface area contributed by atoms with E-state index in [1.807, 2.05) is 0 Å². The Labute approximate surface area is 72.4 Å². The number of furan rings is 1. The minimum Gasteiger partial charge on any atom is -0.461 e. The van der Waals surface area contributed by atoms with E-state index in [4.69, 9.17) is 4.42 Å². The monoisotopic (exact) mass is 162 g/mol. The third kappa shape index (κ3) is 1.20. The first-order valence-electron chi connectivity index (χ1n) is 4.57. The summed E-state index contributed by atoms with van der Waals surface area (Å²) in [7, 11) is 0. The molecule has 64 valence electrons. The second-order valence-corrected chi connectivity index (χ2v) is 3.61. The fraction of sp³-hybridized carbons (Fsp3) is 0.455. The van der Waals surface area contributed by atoms with E-state index in [-0.39, 0.29) is 0 Å². The van der Waals surface area contributed by atoms with Gasteiger partial charge in [-0.05, 0) is 25.0 Å². The van der Waals surface area contributed by atoms with Crippen LogP contribution in [0.5, 0.6) is 0 Å². The van der Waals surface area contributed by atoms with Crippen LogP contribution in [0.2, 0.25) is 0 Å². The normalized spacial score (nSPS) is 15.2. The standard InChI is InChI=1S/C11H14O/c1-8(2)11-7-9-5-3-4-6-10(9)12-11/h5-8H,3-4H2,1-2H3. The fourth-order valence-electron chi connectivity index (χ4n) is 1.50. The molecule has 0 bridgehead atoms. The molecule has 0 spiro atoms. The van der Waals surface area contributed by atoms with E-state index >= 15 is 0 Å². The number of hydrogen-bond acceptors (Lipinski definition) is 1. The van der Waals surface area contributed by atoms with Crippen LogP contribution < -0.4 is 10.6 Å². The molecule has 0 unspecified atom stereocenters. The molecule has 0 saturated heterocycles. The van der Waals surface area contributed by atoms with E-state index in [1.54, 1.807) is 0 Å². The molecule has 1 aromatic rings. The quantitative estimate of drug-likeness (QED) is 0.613. The van der Waals surface area contributed by atoms with Crippen LogP contribution in [0.3, 0.4) is 0 Å². The summed E-state index contributed by atoms with van der Waals surface area (Å²) in [5.41, 5.74) is 1.07. The second kappa shape index (κ2) is 2.81. The lowest BCUT2D eigenvalue weighted by Gasteiger charge is -1.95. The van der Waals surface area contributed by atoms with Gasteiger partial charge in [-0.3, -0.25) is 0 Å². The average molecular weight is 162 g/mol. The highest BCUT2D eigenvalue weighted by atomic mass is 16.3. The van der Waals surface area contributed by atoms with Crippen molar-refractivity contribution in [1.82, 2.24) is 0 Å². The number of fused-ring (bicyclic) bond motifs is 1. The van der Waals surface area contributed by atoms with Crippen LogP contribution in [0, 0.1) is 0 Å². The zero-order chi connectivity index (χ0) is 8.55. The third-order valence-corrected chi connectivity index (χ3v) is 2.24. The predicted molar refractivity (Wildman–Crippen MR) is 50.2 cm³/mol. The second-order valence-electron chi connectivity index (χ2n) is 3.61. The van der Waals surface area contributed by atoms with Crippen molar-refractivity contribution in [2.45, 2.75) is 32.6 Å². The van der Waals surface area contributed by atoms with E-state index in [2.05, 4.69) is 32.1 Å². The lowest BCUT2D eigenvalue weighted by molar-refractivity contribution is 0.459. The Bertz CT molecular complexity index is 348. The van der Waals surface area contributed by atoms with E-state index in [1.165, 1.54) is 5.22 Å². The van der Waals surface area contributed by atoms with Gasteiger partial charge in [0.05, 0.1) is 0 Å². The molecule has 1 heterocycles. The molecule has 0 aromatic carbocycles. The first-order valence-corrected chi connectivity index (χ1v) is 4.57. The van der Waals surface area contributed by atoms with Crippen molar-refractivity contribution in [3.05, 3.63) is 22.5 Å². The lowest BCUT2D eigenvalue weighted by atomic mass is 10.1. The Balaban J connectivity index is 2.60. The molecule has 2 rings (SSSR count). The van der Waals surface area contributed by atoms with Crippen LogP contribution in [-0.4, -0.2) is 0 Å². The minimum atomic E-state index is 0.498. The smallest absolute Gasteiger partial charge is 0.129 e. The highest BCUT2D eigenvalue weighted by molar-refractivity contribution is 5.35. The molecule has 0 saturated carbocycles. The molecule has 1 aliphatic rings. The maximum atomic E-state index is 5.68. The molecule has 0 radical (unpaired) electrons. The van der Waals surface area contributed by atoms with Crippen molar-refractivity contribution in [2.75, 3.05) is 0 Å². The largest absolute Gasteiger partial charge is 0.461 e. The Morgan fingerprint density at radius 3 is 2.67 bits per heavy atom. The first kappa shape index (κ1) is 7.66. The zero-order valence-electron chi connectivity index (χ0n) is 7.63. The van der Waals surface area contributed by atoms with Crippen molar-refractivity contribution in [1.29, 1.82) is 0 Å². The van der Waals surface area contributed by atoms with Crippen LogP contribution in [-0.2, 0) is 0 Å². The van der Waals surface area contributed by atoms with E-state index < -0.39 is 0 Å². The number of rotatable bonds is 1. The molecule has 0 fully saturated rings. The predicted octanol–water partition coefficient (Wildman–Crippen LogP) is 1.76. The van der Waals surface area contributed by atoms with Crippen molar-refractivity contribution in [2.24, 2.45) is 0 Å². The third-order valence-electron chi connectivity index (χ3n) is 2.24. The summed E-state index contributed by atoms with van der Waals surface area (Å²) in [4.78, 5) is 0. The lowest BCUT2D eigenvalue weighted by Crippen LogP contribution is -2.21. The van der Waals surface area contributed by atoms with Gasteiger partial charge in [-0.25, -0.2) is 0 Å². The van der Waals surface area contributed by atoms with Crippen LogP contribution >= 0.6 is 0 Å². The van der Waals surface area contributed by atoms with Crippen LogP contribution in [0.15, 0.2) is 10.5 Å². The van der Waals surface area contributed by atoms with E-state index in [0.29, 0.717) is 5.92 Å². The molecule has 1 aliphatic carbocycles. The van der Waals surface area contributed by atoms with Gasteiger partial charge in [0.2, 0.25) is 0 Å². The summed E-state index contributed by atoms with van der Waals surface area (Å²) < 4.78 is 5.68. The minimum absolute atomic E-state index is 0.498. The molecule has 0 amide bonds. The number of hydrogen-bond donors (Lipinski definition) is 0. The zero-order valence-corrected chi connectivity index (χ0v) is 7.63. The van der Waals surface area contributed by atoms with Crippen LogP contribution in [0.25, 0.3) is 12.2 Å². The van der Waals surface area contributed by atoms with Gasteiger partial charge in [0.1, 0.15) is 11.2 Å². The summed E-state index contributed by atoms with van der Waals surface area (Å²) >= 11 is 0. The van der Waals surface area contributed by atoms with Crippen molar-refractivity contribution in [3.63, 3.8) is 0 Å². The van der Waals surface area contributed by atoms with Gasteiger partial charge in [0.25, 0.3) is 0 Å². The van der Waals surface area contributed by atoms with E-state index in [9.17, 15) is 0 Å². The van der Waals surface area contributed by atoms with Crippen molar-refractivity contribution < 1.29 is 4.42 Å². The molecule has 1 heteroatoms. The molecule has 0 aliphatic heterocycles. The summed E-state index contributed by atoms with van der Waals surface area (Å²) in [6, 6.07) is 2.16. The first-order chi connectivity index (χ1) is 5.77. The molecule has 12 heavy (non-hydrogen) atoms. The molecule has 1 nitrogen and oxygen atoms in total. The van der Waals surface area contributed by atoms with Gasteiger partial charge in [-0.1, -0.05) is 19.9 Å². The van der Waals surface area contributed by atoms with Crippen LogP contribution in [0.4, 0.5) is 0 Å². The fourth-order valence-corrected chi connectivity index (χ4v) is 1.50. The summed E-state index contributed by atoms with van der Waals surface area (Å²) in [6.45, 7) is 4.31. The Hall–Kier alpha value is -0.980. The molecular formula is C11H14O. The molecule has 0 atom stereocenters. The SMILES string of the molecule is CC(C)c1cc2c(o1)=CCCC=2. The van der Waals surface area contributed by atoms with E-state index in [0.717, 1.165) is 24.0 Å². The average Bonchev–Trinajstić information content (AvgIpc) is 2.46. The Morgan fingerprint density at radius 2 is 2.00 bits per heavy atom. The van der Waals surface area contributed by atoms with Gasteiger partial charge in [-0.15, -0.1) is 0 Å². The molecular weight excluding hydrogens is 148 g/mol.